The van der Waals surface area contributed by atoms with Gasteiger partial charge in [0.2, 0.25) is 0 Å². The molecule has 0 amide bonds. The first-order valence-corrected chi connectivity index (χ1v) is 4.65. The van der Waals surface area contributed by atoms with E-state index in [4.69, 9.17) is 15.2 Å². The van der Waals surface area contributed by atoms with Gasteiger partial charge in [0, 0.05) is 5.54 Å². The van der Waals surface area contributed by atoms with Gasteiger partial charge in [0.1, 0.15) is 6.79 Å². The molecule has 3 heteroatoms. The van der Waals surface area contributed by atoms with Crippen LogP contribution < -0.4 is 5.73 Å². The van der Waals surface area contributed by atoms with Crippen LogP contribution in [-0.4, -0.2) is 25.5 Å². The first kappa shape index (κ1) is 12.9. The van der Waals surface area contributed by atoms with Gasteiger partial charge in [0.15, 0.2) is 0 Å². The minimum atomic E-state index is -0.273. The molecule has 0 unspecified atom stereocenters. The van der Waals surface area contributed by atoms with Crippen LogP contribution >= 0.6 is 0 Å². The third kappa shape index (κ3) is 11.9. The summed E-state index contributed by atoms with van der Waals surface area (Å²) < 4.78 is 10.6. The normalized spacial score (nSPS) is 13.4. The molecule has 13 heavy (non-hydrogen) atoms. The molecule has 0 aromatic heterocycles. The summed E-state index contributed by atoms with van der Waals surface area (Å²) in [6.45, 7) is 11.8. The highest BCUT2D eigenvalue weighted by molar-refractivity contribution is 4.69. The van der Waals surface area contributed by atoms with E-state index in [9.17, 15) is 0 Å². The quantitative estimate of drug-likeness (QED) is 0.529. The van der Waals surface area contributed by atoms with Crippen LogP contribution in [0, 0.1) is 5.41 Å². The molecular formula is C10H23NO2. The summed E-state index contributed by atoms with van der Waals surface area (Å²) >= 11 is 0. The van der Waals surface area contributed by atoms with Gasteiger partial charge in [-0.1, -0.05) is 20.8 Å². The van der Waals surface area contributed by atoms with Gasteiger partial charge in [-0.3, -0.25) is 0 Å². The Labute approximate surface area is 81.6 Å². The van der Waals surface area contributed by atoms with Crippen LogP contribution in [0.3, 0.4) is 0 Å². The third-order valence-corrected chi connectivity index (χ3v) is 1.18. The Morgan fingerprint density at radius 1 is 0.923 bits per heavy atom. The summed E-state index contributed by atoms with van der Waals surface area (Å²) in [7, 11) is 0. The summed E-state index contributed by atoms with van der Waals surface area (Å²) in [4.78, 5) is 0. The van der Waals surface area contributed by atoms with Crippen molar-refractivity contribution in [3.63, 3.8) is 0 Å². The highest BCUT2D eigenvalue weighted by Gasteiger charge is 2.12. The predicted octanol–water partition coefficient (Wildman–Crippen LogP) is 1.76. The van der Waals surface area contributed by atoms with Crippen LogP contribution in [-0.2, 0) is 9.47 Å². The Kier molecular flexibility index (Phi) is 4.89. The second-order valence-corrected chi connectivity index (χ2v) is 5.36. The number of rotatable bonds is 5. The second-order valence-electron chi connectivity index (χ2n) is 5.36. The SMILES string of the molecule is CC(C)(C)COCOCC(C)(C)N. The number of hydrogen-bond donors (Lipinski definition) is 1. The van der Waals surface area contributed by atoms with Crippen LogP contribution in [0.25, 0.3) is 0 Å². The van der Waals surface area contributed by atoms with Crippen molar-refractivity contribution in [2.24, 2.45) is 11.1 Å². The third-order valence-electron chi connectivity index (χ3n) is 1.18. The zero-order valence-electron chi connectivity index (χ0n) is 9.52. The first-order valence-electron chi connectivity index (χ1n) is 4.65. The Morgan fingerprint density at radius 2 is 1.38 bits per heavy atom. The molecule has 80 valence electrons. The lowest BCUT2D eigenvalue weighted by Crippen LogP contribution is -2.37. The Morgan fingerprint density at radius 3 is 1.77 bits per heavy atom. The van der Waals surface area contributed by atoms with Crippen LogP contribution in [0.15, 0.2) is 0 Å². The fourth-order valence-electron chi connectivity index (χ4n) is 0.711. The predicted molar refractivity (Wildman–Crippen MR) is 54.5 cm³/mol. The van der Waals surface area contributed by atoms with Crippen LogP contribution in [0.4, 0.5) is 0 Å². The molecule has 0 aliphatic carbocycles. The van der Waals surface area contributed by atoms with E-state index in [-0.39, 0.29) is 11.0 Å². The van der Waals surface area contributed by atoms with Crippen molar-refractivity contribution >= 4 is 0 Å². The Bertz CT molecular complexity index is 117. The maximum atomic E-state index is 5.72. The van der Waals surface area contributed by atoms with Gasteiger partial charge in [-0.25, -0.2) is 0 Å². The van der Waals surface area contributed by atoms with Crippen molar-refractivity contribution in [2.75, 3.05) is 20.0 Å². The molecule has 2 N–H and O–H groups in total. The minimum absolute atomic E-state index is 0.196. The van der Waals surface area contributed by atoms with E-state index in [0.29, 0.717) is 20.0 Å². The van der Waals surface area contributed by atoms with Gasteiger partial charge < -0.3 is 15.2 Å². The smallest absolute Gasteiger partial charge is 0.146 e. The van der Waals surface area contributed by atoms with Gasteiger partial charge in [0.05, 0.1) is 13.2 Å². The average Bonchev–Trinajstić information content (AvgIpc) is 1.81. The lowest BCUT2D eigenvalue weighted by molar-refractivity contribution is -0.0830. The van der Waals surface area contributed by atoms with Crippen molar-refractivity contribution in [3.8, 4) is 0 Å². The number of nitrogens with two attached hydrogens (primary N) is 1. The molecule has 3 nitrogen and oxygen atoms in total. The molecule has 0 bridgehead atoms. The van der Waals surface area contributed by atoms with E-state index in [1.54, 1.807) is 0 Å². The maximum Gasteiger partial charge on any atom is 0.146 e. The molecule has 0 aromatic carbocycles. The van der Waals surface area contributed by atoms with E-state index >= 15 is 0 Å². The second kappa shape index (κ2) is 4.94. The van der Waals surface area contributed by atoms with E-state index in [2.05, 4.69) is 20.8 Å². The van der Waals surface area contributed by atoms with Gasteiger partial charge in [-0.05, 0) is 19.3 Å². The summed E-state index contributed by atoms with van der Waals surface area (Å²) in [6.07, 6.45) is 0. The first-order chi connectivity index (χ1) is 5.71. The van der Waals surface area contributed by atoms with Crippen molar-refractivity contribution < 1.29 is 9.47 Å². The largest absolute Gasteiger partial charge is 0.355 e. The van der Waals surface area contributed by atoms with Crippen LogP contribution in [0.1, 0.15) is 34.6 Å². The molecule has 0 rings (SSSR count). The summed E-state index contributed by atoms with van der Waals surface area (Å²) in [5.74, 6) is 0. The zero-order valence-corrected chi connectivity index (χ0v) is 9.52. The Balaban J connectivity index is 3.28. The van der Waals surface area contributed by atoms with E-state index < -0.39 is 0 Å². The number of ether oxygens (including phenoxy) is 2. The molecule has 0 fully saturated rings. The molecule has 0 saturated heterocycles. The number of hydrogen-bond acceptors (Lipinski definition) is 3. The van der Waals surface area contributed by atoms with Crippen molar-refractivity contribution in [3.05, 3.63) is 0 Å². The summed E-state index contributed by atoms with van der Waals surface area (Å²) in [6, 6.07) is 0. The molecular weight excluding hydrogens is 166 g/mol. The van der Waals surface area contributed by atoms with E-state index in [1.165, 1.54) is 0 Å². The molecule has 0 spiro atoms. The molecule has 0 heterocycles. The standard InChI is InChI=1S/C10H23NO2/c1-9(2,3)6-12-8-13-7-10(4,5)11/h6-8,11H2,1-5H3. The van der Waals surface area contributed by atoms with Crippen molar-refractivity contribution in [1.29, 1.82) is 0 Å². The molecule has 0 aromatic rings. The highest BCUT2D eigenvalue weighted by Crippen LogP contribution is 2.12. The molecule has 0 saturated carbocycles. The molecule has 0 radical (unpaired) electrons. The van der Waals surface area contributed by atoms with E-state index in [0.717, 1.165) is 0 Å². The molecule has 0 aliphatic heterocycles. The summed E-state index contributed by atoms with van der Waals surface area (Å²) in [5, 5.41) is 0. The van der Waals surface area contributed by atoms with Crippen LogP contribution in [0.5, 0.6) is 0 Å². The maximum absolute atomic E-state index is 5.72. The van der Waals surface area contributed by atoms with Crippen molar-refractivity contribution in [2.45, 2.75) is 40.2 Å². The van der Waals surface area contributed by atoms with Gasteiger partial charge >= 0.3 is 0 Å². The highest BCUT2D eigenvalue weighted by atomic mass is 16.7. The average molecular weight is 189 g/mol. The van der Waals surface area contributed by atoms with Gasteiger partial charge in [-0.2, -0.15) is 0 Å². The topological polar surface area (TPSA) is 44.5 Å². The van der Waals surface area contributed by atoms with Gasteiger partial charge in [0.25, 0.3) is 0 Å². The lowest BCUT2D eigenvalue weighted by atomic mass is 9.99. The molecule has 0 aliphatic rings. The lowest BCUT2D eigenvalue weighted by Gasteiger charge is -2.20. The van der Waals surface area contributed by atoms with Crippen molar-refractivity contribution in [1.82, 2.24) is 0 Å². The van der Waals surface area contributed by atoms with Gasteiger partial charge in [-0.15, -0.1) is 0 Å². The summed E-state index contributed by atoms with van der Waals surface area (Å²) in [5.41, 5.74) is 5.65. The van der Waals surface area contributed by atoms with E-state index in [1.807, 2.05) is 13.8 Å². The molecule has 0 atom stereocenters. The Hall–Kier alpha value is -0.120. The fourth-order valence-corrected chi connectivity index (χ4v) is 0.711. The monoisotopic (exact) mass is 189 g/mol. The van der Waals surface area contributed by atoms with Crippen LogP contribution in [0.2, 0.25) is 0 Å². The fraction of sp³-hybridized carbons (Fsp3) is 1.00. The zero-order chi connectivity index (χ0) is 10.5. The minimum Gasteiger partial charge on any atom is -0.355 e.